The van der Waals surface area contributed by atoms with Gasteiger partial charge in [0.2, 0.25) is 5.95 Å². The number of nitrogens with one attached hydrogen (secondary N) is 1. The smallest absolute Gasteiger partial charge is 0.255 e. The van der Waals surface area contributed by atoms with Gasteiger partial charge in [0, 0.05) is 51.1 Å². The van der Waals surface area contributed by atoms with E-state index in [4.69, 9.17) is 0 Å². The zero-order chi connectivity index (χ0) is 18.8. The SMILES string of the molecule is Cc1cncc(C(=O)N2CCc3nc(NC(C)C)nc(N(C)C)c3C2)c1. The van der Waals surface area contributed by atoms with Crippen molar-refractivity contribution in [1.82, 2.24) is 19.9 Å². The Morgan fingerprint density at radius 2 is 2.04 bits per heavy atom. The quantitative estimate of drug-likeness (QED) is 0.908. The van der Waals surface area contributed by atoms with Crippen molar-refractivity contribution in [2.24, 2.45) is 0 Å². The average molecular weight is 354 g/mol. The second-order valence-electron chi connectivity index (χ2n) is 7.22. The van der Waals surface area contributed by atoms with E-state index in [0.717, 1.165) is 29.1 Å². The van der Waals surface area contributed by atoms with E-state index < -0.39 is 0 Å². The fraction of sp³-hybridized carbons (Fsp3) is 0.474. The molecule has 26 heavy (non-hydrogen) atoms. The lowest BCUT2D eigenvalue weighted by Gasteiger charge is -2.31. The van der Waals surface area contributed by atoms with Crippen LogP contribution in [-0.2, 0) is 13.0 Å². The second-order valence-corrected chi connectivity index (χ2v) is 7.22. The molecule has 0 fully saturated rings. The highest BCUT2D eigenvalue weighted by Gasteiger charge is 2.27. The van der Waals surface area contributed by atoms with Gasteiger partial charge in [0.05, 0.1) is 17.8 Å². The van der Waals surface area contributed by atoms with Gasteiger partial charge in [0.25, 0.3) is 5.91 Å². The molecule has 1 aliphatic rings. The van der Waals surface area contributed by atoms with Crippen LogP contribution in [0.3, 0.4) is 0 Å². The van der Waals surface area contributed by atoms with E-state index in [0.29, 0.717) is 24.6 Å². The van der Waals surface area contributed by atoms with Gasteiger partial charge in [-0.15, -0.1) is 0 Å². The van der Waals surface area contributed by atoms with Crippen LogP contribution < -0.4 is 10.2 Å². The molecule has 0 radical (unpaired) electrons. The molecule has 0 saturated heterocycles. The van der Waals surface area contributed by atoms with Gasteiger partial charge < -0.3 is 15.1 Å². The van der Waals surface area contributed by atoms with Gasteiger partial charge in [-0.2, -0.15) is 4.98 Å². The minimum atomic E-state index is 0.000869. The number of amides is 1. The number of carbonyl (C=O) groups excluding carboxylic acids is 1. The largest absolute Gasteiger partial charge is 0.362 e. The summed E-state index contributed by atoms with van der Waals surface area (Å²) in [4.78, 5) is 30.2. The Hall–Kier alpha value is -2.70. The van der Waals surface area contributed by atoms with Crippen molar-refractivity contribution in [2.75, 3.05) is 30.9 Å². The third kappa shape index (κ3) is 3.76. The normalized spacial score (nSPS) is 13.5. The minimum absolute atomic E-state index is 0.000869. The maximum Gasteiger partial charge on any atom is 0.255 e. The van der Waals surface area contributed by atoms with Crippen LogP contribution in [0.2, 0.25) is 0 Å². The van der Waals surface area contributed by atoms with Crippen molar-refractivity contribution in [3.63, 3.8) is 0 Å². The fourth-order valence-corrected chi connectivity index (χ4v) is 3.12. The van der Waals surface area contributed by atoms with E-state index in [1.165, 1.54) is 0 Å². The predicted octanol–water partition coefficient (Wildman–Crippen LogP) is 2.26. The first-order chi connectivity index (χ1) is 12.3. The molecular formula is C19H26N6O. The molecule has 7 heteroatoms. The highest BCUT2D eigenvalue weighted by Crippen LogP contribution is 2.28. The van der Waals surface area contributed by atoms with Gasteiger partial charge in [0.1, 0.15) is 5.82 Å². The lowest BCUT2D eigenvalue weighted by atomic mass is 10.0. The van der Waals surface area contributed by atoms with Crippen molar-refractivity contribution in [3.8, 4) is 0 Å². The van der Waals surface area contributed by atoms with Crippen molar-refractivity contribution >= 4 is 17.7 Å². The van der Waals surface area contributed by atoms with Crippen LogP contribution in [0.1, 0.15) is 41.0 Å². The summed E-state index contributed by atoms with van der Waals surface area (Å²) < 4.78 is 0. The summed E-state index contributed by atoms with van der Waals surface area (Å²) in [7, 11) is 3.93. The number of anilines is 2. The Labute approximate surface area is 154 Å². The topological polar surface area (TPSA) is 74.2 Å². The lowest BCUT2D eigenvalue weighted by Crippen LogP contribution is -2.37. The maximum absolute atomic E-state index is 12.9. The maximum atomic E-state index is 12.9. The number of nitrogens with zero attached hydrogens (tertiary/aromatic N) is 5. The summed E-state index contributed by atoms with van der Waals surface area (Å²) in [6.45, 7) is 7.22. The third-order valence-corrected chi connectivity index (χ3v) is 4.29. The molecule has 0 bridgehead atoms. The highest BCUT2D eigenvalue weighted by atomic mass is 16.2. The molecule has 2 aromatic heterocycles. The van der Waals surface area contributed by atoms with Crippen LogP contribution in [0.15, 0.2) is 18.5 Å². The van der Waals surface area contributed by atoms with E-state index in [9.17, 15) is 4.79 Å². The first kappa shape index (κ1) is 18.1. The van der Waals surface area contributed by atoms with Gasteiger partial charge in [-0.1, -0.05) is 0 Å². The molecule has 0 aromatic carbocycles. The summed E-state index contributed by atoms with van der Waals surface area (Å²) in [5.41, 5.74) is 3.64. The molecule has 0 aliphatic carbocycles. The standard InChI is InChI=1S/C19H26N6O/c1-12(2)21-19-22-16-6-7-25(11-15(16)17(23-19)24(4)5)18(26)14-8-13(3)9-20-10-14/h8-10,12H,6-7,11H2,1-5H3,(H,21,22,23). The zero-order valence-electron chi connectivity index (χ0n) is 16.1. The minimum Gasteiger partial charge on any atom is -0.362 e. The molecule has 0 unspecified atom stereocenters. The van der Waals surface area contributed by atoms with Gasteiger partial charge in [0.15, 0.2) is 0 Å². The van der Waals surface area contributed by atoms with E-state index in [1.54, 1.807) is 12.4 Å². The molecule has 2 aromatic rings. The Bertz CT molecular complexity index is 818. The Kier molecular flexibility index (Phi) is 5.06. The fourth-order valence-electron chi connectivity index (χ4n) is 3.12. The molecule has 3 heterocycles. The number of hydrogen-bond acceptors (Lipinski definition) is 6. The number of aryl methyl sites for hydroxylation is 1. The Balaban J connectivity index is 1.91. The molecule has 1 N–H and O–H groups in total. The number of rotatable bonds is 4. The summed E-state index contributed by atoms with van der Waals surface area (Å²) >= 11 is 0. The van der Waals surface area contributed by atoms with Gasteiger partial charge in [-0.25, -0.2) is 4.98 Å². The summed E-state index contributed by atoms with van der Waals surface area (Å²) in [6.07, 6.45) is 4.10. The third-order valence-electron chi connectivity index (χ3n) is 4.29. The summed E-state index contributed by atoms with van der Waals surface area (Å²) in [6, 6.07) is 2.14. The van der Waals surface area contributed by atoms with E-state index in [1.807, 2.05) is 36.9 Å². The van der Waals surface area contributed by atoms with Crippen LogP contribution in [0.4, 0.5) is 11.8 Å². The summed E-state index contributed by atoms with van der Waals surface area (Å²) in [5, 5.41) is 3.28. The highest BCUT2D eigenvalue weighted by molar-refractivity contribution is 5.94. The molecule has 1 amide bonds. The van der Waals surface area contributed by atoms with Crippen molar-refractivity contribution < 1.29 is 4.79 Å². The molecular weight excluding hydrogens is 328 g/mol. The van der Waals surface area contributed by atoms with Crippen molar-refractivity contribution in [3.05, 3.63) is 40.8 Å². The second kappa shape index (κ2) is 7.27. The molecule has 0 spiro atoms. The van der Waals surface area contributed by atoms with Crippen LogP contribution >= 0.6 is 0 Å². The number of aromatic nitrogens is 3. The van der Waals surface area contributed by atoms with Gasteiger partial charge in [-0.05, 0) is 32.4 Å². The number of hydrogen-bond donors (Lipinski definition) is 1. The monoisotopic (exact) mass is 354 g/mol. The number of pyridine rings is 1. The van der Waals surface area contributed by atoms with Crippen LogP contribution in [-0.4, -0.2) is 52.4 Å². The Morgan fingerprint density at radius 1 is 1.27 bits per heavy atom. The zero-order valence-corrected chi connectivity index (χ0v) is 16.1. The van der Waals surface area contributed by atoms with Crippen LogP contribution in [0, 0.1) is 6.92 Å². The molecule has 0 saturated carbocycles. The van der Waals surface area contributed by atoms with E-state index in [2.05, 4.69) is 34.1 Å². The van der Waals surface area contributed by atoms with E-state index in [-0.39, 0.29) is 11.9 Å². The lowest BCUT2D eigenvalue weighted by molar-refractivity contribution is 0.0733. The van der Waals surface area contributed by atoms with Gasteiger partial charge in [-0.3, -0.25) is 9.78 Å². The first-order valence-corrected chi connectivity index (χ1v) is 8.89. The predicted molar refractivity (Wildman–Crippen MR) is 103 cm³/mol. The van der Waals surface area contributed by atoms with Crippen LogP contribution in [0.25, 0.3) is 0 Å². The van der Waals surface area contributed by atoms with Crippen LogP contribution in [0.5, 0.6) is 0 Å². The first-order valence-electron chi connectivity index (χ1n) is 8.89. The molecule has 138 valence electrons. The summed E-state index contributed by atoms with van der Waals surface area (Å²) in [5.74, 6) is 1.50. The molecule has 0 atom stereocenters. The Morgan fingerprint density at radius 3 is 2.69 bits per heavy atom. The number of carbonyl (C=O) groups is 1. The van der Waals surface area contributed by atoms with Crippen molar-refractivity contribution in [1.29, 1.82) is 0 Å². The molecule has 1 aliphatic heterocycles. The van der Waals surface area contributed by atoms with E-state index >= 15 is 0 Å². The van der Waals surface area contributed by atoms with Crippen molar-refractivity contribution in [2.45, 2.75) is 39.8 Å². The average Bonchev–Trinajstić information content (AvgIpc) is 2.59. The van der Waals surface area contributed by atoms with Gasteiger partial charge >= 0.3 is 0 Å². The number of fused-ring (bicyclic) bond motifs is 1. The molecule has 3 rings (SSSR count). The molecule has 7 nitrogen and oxygen atoms in total.